The summed E-state index contributed by atoms with van der Waals surface area (Å²) in [6.07, 6.45) is 0. The first-order valence-electron chi connectivity index (χ1n) is 5.28. The number of hydrogen-bond donors (Lipinski definition) is 1. The number of thioether (sulfide) groups is 1. The van der Waals surface area contributed by atoms with Gasteiger partial charge in [0.05, 0.1) is 4.90 Å². The lowest BCUT2D eigenvalue weighted by atomic mass is 10.2. The summed E-state index contributed by atoms with van der Waals surface area (Å²) < 4.78 is 40.6. The van der Waals surface area contributed by atoms with Crippen molar-refractivity contribution >= 4 is 29.1 Å². The fourth-order valence-corrected chi connectivity index (χ4v) is 2.59. The molecule has 2 aromatic carbocycles. The quantitative estimate of drug-likeness (QED) is 0.661. The Morgan fingerprint density at radius 1 is 1.00 bits per heavy atom. The molecule has 2 aromatic rings. The maximum Gasteiger partial charge on any atom is 0.141 e. The van der Waals surface area contributed by atoms with Gasteiger partial charge in [-0.3, -0.25) is 0 Å². The molecule has 0 aliphatic rings. The summed E-state index contributed by atoms with van der Waals surface area (Å²) in [6, 6.07) is 6.23. The smallest absolute Gasteiger partial charge is 0.141 e. The van der Waals surface area contributed by atoms with E-state index in [9.17, 15) is 13.2 Å². The minimum absolute atomic E-state index is 0.0111. The molecule has 0 amide bonds. The summed E-state index contributed by atoms with van der Waals surface area (Å²) in [4.78, 5) is -0.177. The molecule has 6 heteroatoms. The van der Waals surface area contributed by atoms with Crippen molar-refractivity contribution in [3.05, 3.63) is 58.4 Å². The highest BCUT2D eigenvalue weighted by Crippen LogP contribution is 2.30. The highest BCUT2D eigenvalue weighted by Gasteiger charge is 2.12. The number of halogens is 4. The molecule has 0 saturated carbocycles. The van der Waals surface area contributed by atoms with Crippen molar-refractivity contribution in [2.75, 3.05) is 5.73 Å². The van der Waals surface area contributed by atoms with Crippen molar-refractivity contribution in [3.8, 4) is 0 Å². The topological polar surface area (TPSA) is 26.0 Å². The molecule has 100 valence electrons. The van der Waals surface area contributed by atoms with Crippen LogP contribution in [0.2, 0.25) is 5.02 Å². The van der Waals surface area contributed by atoms with Gasteiger partial charge in [0.25, 0.3) is 0 Å². The molecule has 0 unspecified atom stereocenters. The summed E-state index contributed by atoms with van der Waals surface area (Å²) in [5.74, 6) is -1.91. The Morgan fingerprint density at radius 3 is 2.21 bits per heavy atom. The lowest BCUT2D eigenvalue weighted by Gasteiger charge is -2.07. The molecule has 0 saturated heterocycles. The van der Waals surface area contributed by atoms with Crippen LogP contribution in [-0.2, 0) is 5.75 Å². The van der Waals surface area contributed by atoms with Gasteiger partial charge in [0.1, 0.15) is 17.5 Å². The Labute approximate surface area is 117 Å². The Morgan fingerprint density at radius 2 is 1.63 bits per heavy atom. The maximum absolute atomic E-state index is 13.5. The lowest BCUT2D eigenvalue weighted by molar-refractivity contribution is 0.541. The lowest BCUT2D eigenvalue weighted by Crippen LogP contribution is -1.94. The Hall–Kier alpha value is -1.33. The molecule has 0 atom stereocenters. The molecule has 19 heavy (non-hydrogen) atoms. The summed E-state index contributed by atoms with van der Waals surface area (Å²) in [6.45, 7) is 0. The van der Waals surface area contributed by atoms with E-state index in [2.05, 4.69) is 0 Å². The van der Waals surface area contributed by atoms with Gasteiger partial charge < -0.3 is 5.73 Å². The zero-order valence-electron chi connectivity index (χ0n) is 9.59. The van der Waals surface area contributed by atoms with Crippen molar-refractivity contribution < 1.29 is 13.2 Å². The van der Waals surface area contributed by atoms with Gasteiger partial charge in [-0.1, -0.05) is 17.7 Å². The molecule has 0 aliphatic carbocycles. The van der Waals surface area contributed by atoms with Crippen LogP contribution in [0.3, 0.4) is 0 Å². The average molecular weight is 304 g/mol. The van der Waals surface area contributed by atoms with Crippen LogP contribution < -0.4 is 5.73 Å². The summed E-state index contributed by atoms with van der Waals surface area (Å²) in [5.41, 5.74) is 5.65. The third-order valence-electron chi connectivity index (χ3n) is 2.41. The van der Waals surface area contributed by atoms with Crippen LogP contribution in [-0.4, -0.2) is 0 Å². The first-order valence-corrected chi connectivity index (χ1v) is 6.65. The number of anilines is 1. The van der Waals surface area contributed by atoms with Crippen LogP contribution in [0, 0.1) is 17.5 Å². The van der Waals surface area contributed by atoms with Gasteiger partial charge >= 0.3 is 0 Å². The molecule has 0 heterocycles. The second-order valence-corrected chi connectivity index (χ2v) is 5.26. The molecular weight excluding hydrogens is 295 g/mol. The molecule has 0 fully saturated rings. The molecule has 2 rings (SSSR count). The number of nitrogen functional groups attached to an aromatic ring is 1. The number of hydrogen-bond acceptors (Lipinski definition) is 2. The van der Waals surface area contributed by atoms with E-state index in [1.807, 2.05) is 0 Å². The Balaban J connectivity index is 2.19. The second-order valence-electron chi connectivity index (χ2n) is 3.84. The second kappa shape index (κ2) is 5.75. The van der Waals surface area contributed by atoms with Gasteiger partial charge in [-0.25, -0.2) is 13.2 Å². The van der Waals surface area contributed by atoms with Crippen LogP contribution in [0.5, 0.6) is 0 Å². The first-order chi connectivity index (χ1) is 8.97. The zero-order chi connectivity index (χ0) is 14.0. The third-order valence-corrected chi connectivity index (χ3v) is 3.78. The van der Waals surface area contributed by atoms with E-state index in [-0.39, 0.29) is 21.4 Å². The Bertz CT molecular complexity index is 596. The molecule has 0 aromatic heterocycles. The number of rotatable bonds is 3. The standard InChI is InChI=1S/C13H9ClF3NS/c14-8-2-1-7(10(15)3-8)6-19-13-11(16)4-9(18)5-12(13)17/h1-5H,6,18H2. The van der Waals surface area contributed by atoms with Crippen LogP contribution in [0.4, 0.5) is 18.9 Å². The largest absolute Gasteiger partial charge is 0.399 e. The van der Waals surface area contributed by atoms with Crippen LogP contribution in [0.1, 0.15) is 5.56 Å². The minimum atomic E-state index is -0.753. The fourth-order valence-electron chi connectivity index (χ4n) is 1.51. The van der Waals surface area contributed by atoms with E-state index in [1.165, 1.54) is 12.1 Å². The fraction of sp³-hybridized carbons (Fsp3) is 0.0769. The van der Waals surface area contributed by atoms with E-state index in [4.69, 9.17) is 17.3 Å². The molecule has 0 aliphatic heterocycles. The monoisotopic (exact) mass is 303 g/mol. The van der Waals surface area contributed by atoms with Gasteiger partial charge in [0, 0.05) is 16.5 Å². The molecule has 0 radical (unpaired) electrons. The predicted octanol–water partition coefficient (Wildman–Crippen LogP) is 4.63. The van der Waals surface area contributed by atoms with Crippen molar-refractivity contribution in [1.29, 1.82) is 0 Å². The normalized spacial score (nSPS) is 10.7. The molecule has 1 nitrogen and oxygen atoms in total. The summed E-state index contributed by atoms with van der Waals surface area (Å²) in [5, 5.41) is 0.274. The SMILES string of the molecule is Nc1cc(F)c(SCc2ccc(Cl)cc2F)c(F)c1. The predicted molar refractivity (Wildman–Crippen MR) is 71.7 cm³/mol. The minimum Gasteiger partial charge on any atom is -0.399 e. The van der Waals surface area contributed by atoms with E-state index in [0.29, 0.717) is 5.56 Å². The highest BCUT2D eigenvalue weighted by atomic mass is 35.5. The first kappa shape index (κ1) is 14.1. The Kier molecular flexibility index (Phi) is 4.27. The van der Waals surface area contributed by atoms with Gasteiger partial charge in [-0.2, -0.15) is 0 Å². The van der Waals surface area contributed by atoms with E-state index >= 15 is 0 Å². The molecular formula is C13H9ClF3NS. The number of nitrogens with two attached hydrogens (primary N) is 1. The summed E-state index contributed by atoms with van der Waals surface area (Å²) in [7, 11) is 0. The van der Waals surface area contributed by atoms with E-state index < -0.39 is 17.5 Å². The van der Waals surface area contributed by atoms with Crippen molar-refractivity contribution in [2.24, 2.45) is 0 Å². The third kappa shape index (κ3) is 3.36. The van der Waals surface area contributed by atoms with Crippen molar-refractivity contribution in [3.63, 3.8) is 0 Å². The van der Waals surface area contributed by atoms with Gasteiger partial charge in [-0.05, 0) is 29.8 Å². The van der Waals surface area contributed by atoms with E-state index in [0.717, 1.165) is 30.0 Å². The van der Waals surface area contributed by atoms with Crippen LogP contribution in [0.25, 0.3) is 0 Å². The van der Waals surface area contributed by atoms with Crippen molar-refractivity contribution in [2.45, 2.75) is 10.6 Å². The molecule has 0 spiro atoms. The van der Waals surface area contributed by atoms with E-state index in [1.54, 1.807) is 0 Å². The highest BCUT2D eigenvalue weighted by molar-refractivity contribution is 7.98. The van der Waals surface area contributed by atoms with Crippen LogP contribution in [0.15, 0.2) is 35.2 Å². The summed E-state index contributed by atoms with van der Waals surface area (Å²) >= 11 is 6.49. The van der Waals surface area contributed by atoms with Gasteiger partial charge in [0.2, 0.25) is 0 Å². The average Bonchev–Trinajstić information content (AvgIpc) is 2.30. The van der Waals surface area contributed by atoms with Crippen LogP contribution >= 0.6 is 23.4 Å². The van der Waals surface area contributed by atoms with Crippen molar-refractivity contribution in [1.82, 2.24) is 0 Å². The molecule has 2 N–H and O–H groups in total. The molecule has 0 bridgehead atoms. The van der Waals surface area contributed by atoms with Gasteiger partial charge in [0.15, 0.2) is 0 Å². The van der Waals surface area contributed by atoms with Gasteiger partial charge in [-0.15, -0.1) is 11.8 Å². The maximum atomic E-state index is 13.5. The number of benzene rings is 2. The zero-order valence-corrected chi connectivity index (χ0v) is 11.2.